The summed E-state index contributed by atoms with van der Waals surface area (Å²) in [5, 5.41) is 0. The molecule has 0 fully saturated rings. The maximum atomic E-state index is 6.03. The second-order valence-electron chi connectivity index (χ2n) is 4.44. The lowest BCUT2D eigenvalue weighted by atomic mass is 10.3. The number of hydrogen-bond acceptors (Lipinski definition) is 3. The van der Waals surface area contributed by atoms with Crippen LogP contribution in [0, 0.1) is 0 Å². The number of para-hydroxylation sites is 2. The Balaban J connectivity index is 1.75. The van der Waals surface area contributed by atoms with Crippen molar-refractivity contribution in [3.63, 3.8) is 0 Å². The van der Waals surface area contributed by atoms with Crippen LogP contribution in [0.3, 0.4) is 0 Å². The summed E-state index contributed by atoms with van der Waals surface area (Å²) in [5.41, 5.74) is 0. The van der Waals surface area contributed by atoms with Crippen molar-refractivity contribution in [2.45, 2.75) is 4.90 Å². The summed E-state index contributed by atoms with van der Waals surface area (Å²) in [5.74, 6) is 1.63. The van der Waals surface area contributed by atoms with Crippen LogP contribution in [-0.4, -0.2) is 0 Å². The maximum absolute atomic E-state index is 6.03. The summed E-state index contributed by atoms with van der Waals surface area (Å²) < 4.78 is 12.1. The molecule has 0 spiro atoms. The van der Waals surface area contributed by atoms with Gasteiger partial charge in [-0.25, -0.2) is 0 Å². The van der Waals surface area contributed by atoms with Crippen LogP contribution in [0.5, 0.6) is 11.5 Å². The quantitative estimate of drug-likeness (QED) is 0.505. The molecule has 4 heteroatoms. The zero-order chi connectivity index (χ0) is 15.0. The number of benzene rings is 3. The Morgan fingerprint density at radius 1 is 0.545 bits per heavy atom. The van der Waals surface area contributed by atoms with Crippen molar-refractivity contribution >= 4 is 19.0 Å². The van der Waals surface area contributed by atoms with Gasteiger partial charge in [-0.15, -0.1) is 0 Å². The molecule has 0 aromatic heterocycles. The van der Waals surface area contributed by atoms with Gasteiger partial charge in [0.2, 0.25) is 0 Å². The molecule has 0 aliphatic carbocycles. The van der Waals surface area contributed by atoms with Gasteiger partial charge in [0.1, 0.15) is 11.5 Å². The van der Waals surface area contributed by atoms with Crippen molar-refractivity contribution < 1.29 is 9.05 Å². The molecule has 0 aliphatic heterocycles. The summed E-state index contributed by atoms with van der Waals surface area (Å²) in [6.45, 7) is 0. The highest BCUT2D eigenvalue weighted by Crippen LogP contribution is 2.55. The fourth-order valence-corrected chi connectivity index (χ4v) is 4.53. The molecule has 110 valence electrons. The highest BCUT2D eigenvalue weighted by Gasteiger charge is 2.17. The van der Waals surface area contributed by atoms with Gasteiger partial charge in [-0.1, -0.05) is 54.6 Å². The van der Waals surface area contributed by atoms with Gasteiger partial charge in [0.15, 0.2) is 0 Å². The third kappa shape index (κ3) is 4.52. The molecule has 3 rings (SSSR count). The van der Waals surface area contributed by atoms with Crippen molar-refractivity contribution in [3.8, 4) is 11.5 Å². The van der Waals surface area contributed by atoms with Gasteiger partial charge in [0.25, 0.3) is 0 Å². The van der Waals surface area contributed by atoms with E-state index in [0.717, 1.165) is 16.4 Å². The van der Waals surface area contributed by atoms with E-state index in [9.17, 15) is 0 Å². The SMILES string of the molecule is c1ccc(OP(Oc2ccccc2)Sc2ccccc2)cc1. The highest BCUT2D eigenvalue weighted by molar-refractivity contribution is 8.53. The molecule has 0 saturated heterocycles. The van der Waals surface area contributed by atoms with Gasteiger partial charge in [0.05, 0.1) is 0 Å². The Morgan fingerprint density at radius 2 is 0.955 bits per heavy atom. The highest BCUT2D eigenvalue weighted by atomic mass is 32.7. The van der Waals surface area contributed by atoms with Gasteiger partial charge >= 0.3 is 7.58 Å². The lowest BCUT2D eigenvalue weighted by molar-refractivity contribution is 0.509. The van der Waals surface area contributed by atoms with Crippen molar-refractivity contribution in [2.75, 3.05) is 0 Å². The molecular formula is C18H15O2PS. The van der Waals surface area contributed by atoms with Crippen LogP contribution >= 0.6 is 19.0 Å². The predicted molar refractivity (Wildman–Crippen MR) is 93.4 cm³/mol. The second-order valence-corrected chi connectivity index (χ2v) is 7.35. The molecule has 0 atom stereocenters. The molecule has 0 bridgehead atoms. The maximum Gasteiger partial charge on any atom is 0.365 e. The fourth-order valence-electron chi connectivity index (χ4n) is 1.76. The van der Waals surface area contributed by atoms with E-state index in [-0.39, 0.29) is 0 Å². The Kier molecular flexibility index (Phi) is 5.36. The summed E-state index contributed by atoms with van der Waals surface area (Å²) in [6.07, 6.45) is 0. The molecule has 0 unspecified atom stereocenters. The summed E-state index contributed by atoms with van der Waals surface area (Å²) in [7, 11) is -1.17. The molecule has 0 amide bonds. The van der Waals surface area contributed by atoms with Crippen molar-refractivity contribution in [1.82, 2.24) is 0 Å². The molecule has 0 saturated carbocycles. The number of rotatable bonds is 6. The average molecular weight is 326 g/mol. The van der Waals surface area contributed by atoms with Crippen molar-refractivity contribution in [2.24, 2.45) is 0 Å². The van der Waals surface area contributed by atoms with E-state index in [4.69, 9.17) is 9.05 Å². The van der Waals surface area contributed by atoms with E-state index >= 15 is 0 Å². The smallest absolute Gasteiger partial charge is 0.365 e. The first-order chi connectivity index (χ1) is 10.9. The lowest BCUT2D eigenvalue weighted by Crippen LogP contribution is -1.92. The summed E-state index contributed by atoms with van der Waals surface area (Å²) in [6, 6.07) is 29.7. The normalized spacial score (nSPS) is 10.4. The summed E-state index contributed by atoms with van der Waals surface area (Å²) in [4.78, 5) is 1.13. The van der Waals surface area contributed by atoms with Gasteiger partial charge in [0, 0.05) is 4.90 Å². The van der Waals surface area contributed by atoms with E-state index in [1.54, 1.807) is 11.4 Å². The molecule has 0 heterocycles. The zero-order valence-corrected chi connectivity index (χ0v) is 13.5. The van der Waals surface area contributed by atoms with Crippen LogP contribution in [0.1, 0.15) is 0 Å². The summed E-state index contributed by atoms with van der Waals surface area (Å²) >= 11 is 1.60. The fraction of sp³-hybridized carbons (Fsp3) is 0. The molecule has 3 aromatic rings. The second kappa shape index (κ2) is 7.88. The third-order valence-corrected chi connectivity index (χ3v) is 5.65. The largest absolute Gasteiger partial charge is 0.431 e. The molecule has 22 heavy (non-hydrogen) atoms. The van der Waals surface area contributed by atoms with E-state index in [0.29, 0.717) is 0 Å². The Morgan fingerprint density at radius 3 is 1.41 bits per heavy atom. The van der Waals surface area contributed by atoms with Crippen LogP contribution in [0.2, 0.25) is 0 Å². The molecule has 2 nitrogen and oxygen atoms in total. The van der Waals surface area contributed by atoms with Crippen LogP contribution in [0.15, 0.2) is 95.9 Å². The van der Waals surface area contributed by atoms with E-state index in [2.05, 4.69) is 12.1 Å². The first-order valence-electron chi connectivity index (χ1n) is 6.89. The van der Waals surface area contributed by atoms with E-state index < -0.39 is 7.58 Å². The average Bonchev–Trinajstić information content (AvgIpc) is 2.57. The van der Waals surface area contributed by atoms with E-state index in [1.165, 1.54) is 0 Å². The van der Waals surface area contributed by atoms with Crippen LogP contribution in [0.25, 0.3) is 0 Å². The monoisotopic (exact) mass is 326 g/mol. The van der Waals surface area contributed by atoms with Gasteiger partial charge in [-0.3, -0.25) is 0 Å². The van der Waals surface area contributed by atoms with Crippen LogP contribution in [0.4, 0.5) is 0 Å². The minimum absolute atomic E-state index is 0.813. The van der Waals surface area contributed by atoms with Crippen molar-refractivity contribution in [1.29, 1.82) is 0 Å². The first-order valence-corrected chi connectivity index (χ1v) is 9.49. The molecule has 3 aromatic carbocycles. The van der Waals surface area contributed by atoms with Gasteiger partial charge in [-0.2, -0.15) is 0 Å². The topological polar surface area (TPSA) is 18.5 Å². The van der Waals surface area contributed by atoms with E-state index in [1.807, 2.05) is 78.9 Å². The predicted octanol–water partition coefficient (Wildman–Crippen LogP) is 6.16. The lowest BCUT2D eigenvalue weighted by Gasteiger charge is -2.17. The molecule has 0 radical (unpaired) electrons. The molecule has 0 aliphatic rings. The Hall–Kier alpha value is -1.96. The van der Waals surface area contributed by atoms with Crippen LogP contribution in [-0.2, 0) is 0 Å². The van der Waals surface area contributed by atoms with Gasteiger partial charge in [-0.05, 0) is 47.8 Å². The third-order valence-electron chi connectivity index (χ3n) is 2.77. The Labute approximate surface area is 135 Å². The zero-order valence-electron chi connectivity index (χ0n) is 11.8. The van der Waals surface area contributed by atoms with Crippen LogP contribution < -0.4 is 9.05 Å². The minimum atomic E-state index is -1.17. The first kappa shape index (κ1) is 15.0. The standard InChI is InChI=1S/C18H15O2PS/c1-4-10-16(11-5-1)19-21(20-17-12-6-2-7-13-17)22-18-14-8-3-9-15-18/h1-15H. The molecular weight excluding hydrogens is 311 g/mol. The van der Waals surface area contributed by atoms with Gasteiger partial charge < -0.3 is 9.05 Å². The number of hydrogen-bond donors (Lipinski definition) is 0. The minimum Gasteiger partial charge on any atom is -0.431 e. The molecule has 0 N–H and O–H groups in total. The Bertz CT molecular complexity index is 579. The van der Waals surface area contributed by atoms with Crippen molar-refractivity contribution in [3.05, 3.63) is 91.0 Å².